The monoisotopic (exact) mass is 380 g/mol. The molecule has 0 unspecified atom stereocenters. The van der Waals surface area contributed by atoms with Gasteiger partial charge in [0.2, 0.25) is 0 Å². The minimum absolute atomic E-state index is 0.556. The molecule has 0 fully saturated rings. The molecule has 1 N–H and O–H groups in total. The Hall–Kier alpha value is -2.82. The lowest BCUT2D eigenvalue weighted by Gasteiger charge is -2.02. The molecule has 5 nitrogen and oxygen atoms in total. The summed E-state index contributed by atoms with van der Waals surface area (Å²) in [5.74, 6) is 0.808. The van der Waals surface area contributed by atoms with Crippen LogP contribution >= 0.6 is 23.1 Å². The fourth-order valence-electron chi connectivity index (χ4n) is 2.32. The molecule has 0 saturated heterocycles. The van der Waals surface area contributed by atoms with Crippen molar-refractivity contribution < 1.29 is 4.74 Å². The number of thiazole rings is 1. The maximum atomic E-state index is 8.75. The van der Waals surface area contributed by atoms with Gasteiger partial charge in [0.15, 0.2) is 11.4 Å². The van der Waals surface area contributed by atoms with Gasteiger partial charge in [-0.25, -0.2) is 9.98 Å². The fourth-order valence-corrected chi connectivity index (χ4v) is 3.49. The van der Waals surface area contributed by atoms with Crippen molar-refractivity contribution >= 4 is 34.0 Å². The first-order valence-electron chi connectivity index (χ1n) is 7.71. The van der Waals surface area contributed by atoms with E-state index in [0.29, 0.717) is 5.17 Å². The zero-order chi connectivity index (χ0) is 18.4. The number of methoxy groups -OCH3 is 1. The van der Waals surface area contributed by atoms with Crippen LogP contribution in [0.15, 0.2) is 58.9 Å². The summed E-state index contributed by atoms with van der Waals surface area (Å²) in [7, 11) is 1.65. The molecule has 0 radical (unpaired) electrons. The maximum Gasteiger partial charge on any atom is 0.183 e. The van der Waals surface area contributed by atoms with Crippen LogP contribution in [0.3, 0.4) is 0 Å². The molecule has 0 aliphatic heterocycles. The molecule has 130 valence electrons. The molecular formula is C19H16N4OS2. The zero-order valence-electron chi connectivity index (χ0n) is 14.3. The van der Waals surface area contributed by atoms with Crippen LogP contribution in [0.2, 0.25) is 0 Å². The molecule has 0 bridgehead atoms. The standard InChI is InChI=1S/C19H16N4OS2/c1-24-16-8-4-5-13(10-16)17-11-26-18(23-17)14-6-3-7-15(9-14)22-19(25-2)21-12-20/h3-11H,1-2H3,(H,21,22). The van der Waals surface area contributed by atoms with Gasteiger partial charge in [-0.15, -0.1) is 11.3 Å². The second kappa shape index (κ2) is 8.52. The van der Waals surface area contributed by atoms with Gasteiger partial charge in [0.25, 0.3) is 0 Å². The van der Waals surface area contributed by atoms with E-state index in [-0.39, 0.29) is 0 Å². The number of nitrogens with one attached hydrogen (secondary N) is 1. The Morgan fingerprint density at radius 3 is 2.81 bits per heavy atom. The Morgan fingerprint density at radius 2 is 2.04 bits per heavy atom. The second-order valence-electron chi connectivity index (χ2n) is 5.18. The molecule has 3 aromatic rings. The Balaban J connectivity index is 1.90. The summed E-state index contributed by atoms with van der Waals surface area (Å²) in [4.78, 5) is 9.19. The third-order valence-electron chi connectivity index (χ3n) is 3.55. The highest BCUT2D eigenvalue weighted by Gasteiger charge is 2.08. The van der Waals surface area contributed by atoms with Gasteiger partial charge >= 0.3 is 0 Å². The van der Waals surface area contributed by atoms with Crippen molar-refractivity contribution in [3.8, 4) is 33.8 Å². The van der Waals surface area contributed by atoms with Crippen LogP contribution in [0.25, 0.3) is 21.8 Å². The van der Waals surface area contributed by atoms with E-state index in [1.807, 2.05) is 66.4 Å². The van der Waals surface area contributed by atoms with Gasteiger partial charge in [-0.2, -0.15) is 5.26 Å². The predicted octanol–water partition coefficient (Wildman–Crippen LogP) is 4.91. The van der Waals surface area contributed by atoms with Crippen LogP contribution in [-0.4, -0.2) is 23.5 Å². The van der Waals surface area contributed by atoms with E-state index in [2.05, 4.69) is 10.3 Å². The molecule has 0 aliphatic rings. The summed E-state index contributed by atoms with van der Waals surface area (Å²) in [6.45, 7) is 0. The van der Waals surface area contributed by atoms with E-state index in [9.17, 15) is 0 Å². The quantitative estimate of drug-likeness (QED) is 0.301. The van der Waals surface area contributed by atoms with Crippen molar-refractivity contribution in [3.63, 3.8) is 0 Å². The SMILES string of the molecule is COc1cccc(-c2csc(-c3cccc(N=C(NC#N)SC)c3)n2)c1. The van der Waals surface area contributed by atoms with Gasteiger partial charge in [-0.1, -0.05) is 36.0 Å². The molecule has 7 heteroatoms. The highest BCUT2D eigenvalue weighted by molar-refractivity contribution is 8.13. The van der Waals surface area contributed by atoms with Gasteiger partial charge in [0, 0.05) is 16.5 Å². The first-order chi connectivity index (χ1) is 12.7. The van der Waals surface area contributed by atoms with Crippen LogP contribution in [0, 0.1) is 11.5 Å². The summed E-state index contributed by atoms with van der Waals surface area (Å²) in [5.41, 5.74) is 3.69. The van der Waals surface area contributed by atoms with Crippen molar-refractivity contribution in [2.24, 2.45) is 4.99 Å². The van der Waals surface area contributed by atoms with E-state index >= 15 is 0 Å². The third kappa shape index (κ3) is 4.23. The number of aromatic nitrogens is 1. The molecule has 3 rings (SSSR count). The van der Waals surface area contributed by atoms with E-state index in [4.69, 9.17) is 15.0 Å². The highest BCUT2D eigenvalue weighted by Crippen LogP contribution is 2.32. The number of ether oxygens (including phenoxy) is 1. The van der Waals surface area contributed by atoms with Crippen molar-refractivity contribution in [2.45, 2.75) is 0 Å². The van der Waals surface area contributed by atoms with Crippen LogP contribution in [0.4, 0.5) is 5.69 Å². The van der Waals surface area contributed by atoms with Crippen molar-refractivity contribution in [1.82, 2.24) is 10.3 Å². The first kappa shape index (κ1) is 18.0. The summed E-state index contributed by atoms with van der Waals surface area (Å²) < 4.78 is 5.28. The van der Waals surface area contributed by atoms with Crippen molar-refractivity contribution in [2.75, 3.05) is 13.4 Å². The number of nitrogens with zero attached hydrogens (tertiary/aromatic N) is 3. The van der Waals surface area contributed by atoms with Gasteiger partial charge in [0.05, 0.1) is 18.5 Å². The van der Waals surface area contributed by atoms with Gasteiger partial charge < -0.3 is 4.74 Å². The summed E-state index contributed by atoms with van der Waals surface area (Å²) in [5, 5.41) is 14.8. The number of amidine groups is 1. The molecule has 0 atom stereocenters. The Labute approximate surface area is 160 Å². The Morgan fingerprint density at radius 1 is 1.23 bits per heavy atom. The maximum absolute atomic E-state index is 8.75. The average Bonchev–Trinajstić information content (AvgIpc) is 3.18. The first-order valence-corrected chi connectivity index (χ1v) is 9.82. The van der Waals surface area contributed by atoms with E-state index < -0.39 is 0 Å². The highest BCUT2D eigenvalue weighted by atomic mass is 32.2. The Kier molecular flexibility index (Phi) is 5.89. The minimum atomic E-state index is 0.556. The van der Waals surface area contributed by atoms with E-state index in [1.54, 1.807) is 18.4 Å². The lowest BCUT2D eigenvalue weighted by atomic mass is 10.1. The number of aliphatic imine (C=N–C) groups is 1. The number of hydrogen-bond acceptors (Lipinski definition) is 6. The van der Waals surface area contributed by atoms with Crippen LogP contribution in [-0.2, 0) is 0 Å². The summed E-state index contributed by atoms with van der Waals surface area (Å²) >= 11 is 2.97. The average molecular weight is 380 g/mol. The number of hydrogen-bond donors (Lipinski definition) is 1. The lowest BCUT2D eigenvalue weighted by molar-refractivity contribution is 0.415. The number of nitriles is 1. The third-order valence-corrected chi connectivity index (χ3v) is 5.02. The molecule has 26 heavy (non-hydrogen) atoms. The van der Waals surface area contributed by atoms with E-state index in [0.717, 1.165) is 33.3 Å². The van der Waals surface area contributed by atoms with Crippen molar-refractivity contribution in [3.05, 3.63) is 53.9 Å². The molecule has 0 amide bonds. The van der Waals surface area contributed by atoms with Crippen LogP contribution < -0.4 is 10.1 Å². The number of thioether (sulfide) groups is 1. The molecule has 0 aliphatic carbocycles. The lowest BCUT2D eigenvalue weighted by Crippen LogP contribution is -2.12. The topological polar surface area (TPSA) is 70.3 Å². The van der Waals surface area contributed by atoms with Crippen LogP contribution in [0.5, 0.6) is 5.75 Å². The number of benzene rings is 2. The largest absolute Gasteiger partial charge is 0.497 e. The number of rotatable bonds is 4. The van der Waals surface area contributed by atoms with Gasteiger partial charge in [0.1, 0.15) is 10.8 Å². The summed E-state index contributed by atoms with van der Waals surface area (Å²) in [6.07, 6.45) is 3.76. The molecule has 0 saturated carbocycles. The fraction of sp³-hybridized carbons (Fsp3) is 0.105. The van der Waals surface area contributed by atoms with E-state index in [1.165, 1.54) is 11.8 Å². The summed E-state index contributed by atoms with van der Waals surface area (Å²) in [6, 6.07) is 15.7. The van der Waals surface area contributed by atoms with Gasteiger partial charge in [-0.05, 0) is 30.5 Å². The van der Waals surface area contributed by atoms with Crippen molar-refractivity contribution in [1.29, 1.82) is 5.26 Å². The smallest absolute Gasteiger partial charge is 0.183 e. The minimum Gasteiger partial charge on any atom is -0.497 e. The second-order valence-corrected chi connectivity index (χ2v) is 6.83. The zero-order valence-corrected chi connectivity index (χ0v) is 15.9. The molecule has 2 aromatic carbocycles. The predicted molar refractivity (Wildman–Crippen MR) is 109 cm³/mol. The Bertz CT molecular complexity index is 975. The molecule has 0 spiro atoms. The van der Waals surface area contributed by atoms with Crippen LogP contribution in [0.1, 0.15) is 0 Å². The normalized spacial score (nSPS) is 11.0. The molecular weight excluding hydrogens is 364 g/mol. The molecule has 1 heterocycles. The van der Waals surface area contributed by atoms with Gasteiger partial charge in [-0.3, -0.25) is 5.32 Å². The molecule has 1 aromatic heterocycles.